The molecular weight excluding hydrogens is 607 g/mol. The van der Waals surface area contributed by atoms with Crippen molar-refractivity contribution in [2.45, 2.75) is 13.5 Å². The monoisotopic (exact) mass is 622 g/mol. The number of carbonyl (C=O) groups excluding carboxylic acids is 3. The van der Waals surface area contributed by atoms with E-state index < -0.39 is 17.8 Å². The lowest BCUT2D eigenvalue weighted by Crippen LogP contribution is -2.54. The molecule has 0 unspecified atom stereocenters. The molecule has 0 spiro atoms. The summed E-state index contributed by atoms with van der Waals surface area (Å²) in [6, 6.07) is 13.8. The molecule has 0 aromatic heterocycles. The van der Waals surface area contributed by atoms with E-state index in [0.717, 1.165) is 9.37 Å². The summed E-state index contributed by atoms with van der Waals surface area (Å²) in [7, 11) is 0. The highest BCUT2D eigenvalue weighted by Crippen LogP contribution is 2.38. The summed E-state index contributed by atoms with van der Waals surface area (Å²) >= 11 is 22.0. The van der Waals surface area contributed by atoms with Crippen LogP contribution in [0.4, 0.5) is 10.5 Å². The molecule has 4 amide bonds. The van der Waals surface area contributed by atoms with Crippen molar-refractivity contribution in [3.63, 3.8) is 0 Å². The third-order valence-corrected chi connectivity index (χ3v) is 6.61. The molecule has 190 valence electrons. The molecule has 37 heavy (non-hydrogen) atoms. The first-order valence-electron chi connectivity index (χ1n) is 10.9. The second-order valence-corrected chi connectivity index (χ2v) is 9.89. The Hall–Kier alpha value is -3.04. The number of benzene rings is 3. The van der Waals surface area contributed by atoms with Crippen LogP contribution < -0.4 is 19.7 Å². The molecule has 1 aliphatic rings. The fourth-order valence-electron chi connectivity index (χ4n) is 3.51. The third-order valence-electron chi connectivity index (χ3n) is 5.22. The zero-order valence-corrected chi connectivity index (χ0v) is 23.0. The number of hydrogen-bond donors (Lipinski definition) is 1. The molecule has 0 aliphatic carbocycles. The van der Waals surface area contributed by atoms with Gasteiger partial charge in [0.2, 0.25) is 0 Å². The maximum absolute atomic E-state index is 13.2. The van der Waals surface area contributed by atoms with Crippen molar-refractivity contribution in [1.82, 2.24) is 5.32 Å². The van der Waals surface area contributed by atoms with Crippen LogP contribution in [-0.4, -0.2) is 24.5 Å². The Bertz CT molecular complexity index is 1430. The van der Waals surface area contributed by atoms with E-state index in [9.17, 15) is 14.4 Å². The highest BCUT2D eigenvalue weighted by atomic mass is 79.9. The van der Waals surface area contributed by atoms with Crippen LogP contribution in [0.3, 0.4) is 0 Å². The second-order valence-electron chi connectivity index (χ2n) is 7.72. The van der Waals surface area contributed by atoms with Crippen molar-refractivity contribution < 1.29 is 23.9 Å². The Balaban J connectivity index is 1.66. The van der Waals surface area contributed by atoms with Crippen LogP contribution in [-0.2, 0) is 16.2 Å². The van der Waals surface area contributed by atoms with Crippen LogP contribution in [0.15, 0.2) is 64.6 Å². The maximum atomic E-state index is 13.2. The quantitative estimate of drug-likeness (QED) is 0.225. The van der Waals surface area contributed by atoms with Gasteiger partial charge in [0.25, 0.3) is 11.8 Å². The standard InChI is InChI=1S/C26H18BrCl3N2O5/c1-2-36-22-11-14(10-21(30)23(22)37-13-15-3-6-17(28)12-20(15)29)9-19-24(33)31-26(35)32(25(19)34)18-7-4-16(27)5-8-18/h3-12H,2,13H2,1H3,(H,31,33,35). The lowest BCUT2D eigenvalue weighted by molar-refractivity contribution is -0.122. The third kappa shape index (κ3) is 6.10. The minimum atomic E-state index is -0.841. The number of anilines is 1. The number of rotatable bonds is 7. The van der Waals surface area contributed by atoms with Crippen LogP contribution in [0.25, 0.3) is 6.08 Å². The summed E-state index contributed by atoms with van der Waals surface area (Å²) < 4.78 is 12.4. The molecule has 1 N–H and O–H groups in total. The van der Waals surface area contributed by atoms with Crippen molar-refractivity contribution >= 4 is 80.3 Å². The zero-order valence-electron chi connectivity index (χ0n) is 19.2. The minimum absolute atomic E-state index is 0.0986. The average molecular weight is 625 g/mol. The van der Waals surface area contributed by atoms with Gasteiger partial charge in [-0.05, 0) is 67.1 Å². The number of hydrogen-bond acceptors (Lipinski definition) is 5. The number of imide groups is 2. The largest absolute Gasteiger partial charge is 0.490 e. The predicted octanol–water partition coefficient (Wildman–Crippen LogP) is 7.05. The highest BCUT2D eigenvalue weighted by molar-refractivity contribution is 9.10. The van der Waals surface area contributed by atoms with E-state index in [-0.39, 0.29) is 23.0 Å². The maximum Gasteiger partial charge on any atom is 0.335 e. The molecule has 3 aromatic carbocycles. The summed E-state index contributed by atoms with van der Waals surface area (Å²) in [5.74, 6) is -1.03. The number of ether oxygens (including phenoxy) is 2. The van der Waals surface area contributed by atoms with E-state index in [1.807, 2.05) is 0 Å². The first-order chi connectivity index (χ1) is 17.7. The van der Waals surface area contributed by atoms with E-state index >= 15 is 0 Å². The highest BCUT2D eigenvalue weighted by Gasteiger charge is 2.36. The van der Waals surface area contributed by atoms with Crippen LogP contribution in [0.2, 0.25) is 15.1 Å². The molecule has 3 aromatic rings. The zero-order chi connectivity index (χ0) is 26.7. The Labute approximate surface area is 236 Å². The van der Waals surface area contributed by atoms with Gasteiger partial charge in [-0.1, -0.05) is 56.8 Å². The summed E-state index contributed by atoms with van der Waals surface area (Å²) in [4.78, 5) is 39.0. The molecule has 0 atom stereocenters. The summed E-state index contributed by atoms with van der Waals surface area (Å²) in [6.07, 6.45) is 1.34. The summed E-state index contributed by atoms with van der Waals surface area (Å²) in [5, 5.41) is 3.32. The van der Waals surface area contributed by atoms with Gasteiger partial charge < -0.3 is 9.47 Å². The number of nitrogens with one attached hydrogen (secondary N) is 1. The predicted molar refractivity (Wildman–Crippen MR) is 147 cm³/mol. The van der Waals surface area contributed by atoms with Crippen LogP contribution in [0.1, 0.15) is 18.1 Å². The Morgan fingerprint density at radius 2 is 1.68 bits per heavy atom. The van der Waals surface area contributed by atoms with Crippen LogP contribution in [0, 0.1) is 0 Å². The molecule has 1 aliphatic heterocycles. The molecule has 11 heteroatoms. The van der Waals surface area contributed by atoms with E-state index in [1.54, 1.807) is 55.5 Å². The Morgan fingerprint density at radius 1 is 0.946 bits per heavy atom. The average Bonchev–Trinajstić information content (AvgIpc) is 2.83. The molecule has 1 fully saturated rings. The molecule has 4 rings (SSSR count). The normalized spacial score (nSPS) is 14.7. The van der Waals surface area contributed by atoms with Crippen LogP contribution in [0.5, 0.6) is 11.5 Å². The SMILES string of the molecule is CCOc1cc(C=C2C(=O)NC(=O)N(c3ccc(Br)cc3)C2=O)cc(Cl)c1OCc1ccc(Cl)cc1Cl. The lowest BCUT2D eigenvalue weighted by atomic mass is 10.1. The lowest BCUT2D eigenvalue weighted by Gasteiger charge is -2.26. The topological polar surface area (TPSA) is 84.9 Å². The molecule has 7 nitrogen and oxygen atoms in total. The van der Waals surface area contributed by atoms with E-state index in [2.05, 4.69) is 21.2 Å². The van der Waals surface area contributed by atoms with Crippen molar-refractivity contribution in [3.8, 4) is 11.5 Å². The minimum Gasteiger partial charge on any atom is -0.490 e. The van der Waals surface area contributed by atoms with E-state index in [1.165, 1.54) is 12.1 Å². The molecule has 0 radical (unpaired) electrons. The van der Waals surface area contributed by atoms with Crippen molar-refractivity contribution in [2.24, 2.45) is 0 Å². The van der Waals surface area contributed by atoms with Gasteiger partial charge in [0.1, 0.15) is 12.2 Å². The van der Waals surface area contributed by atoms with Crippen molar-refractivity contribution in [3.05, 3.63) is 90.8 Å². The van der Waals surface area contributed by atoms with E-state index in [4.69, 9.17) is 44.3 Å². The first-order valence-corrected chi connectivity index (χ1v) is 12.8. The number of carbonyl (C=O) groups is 3. The van der Waals surface area contributed by atoms with Gasteiger partial charge >= 0.3 is 6.03 Å². The Kier molecular flexibility index (Phi) is 8.44. The van der Waals surface area contributed by atoms with Crippen molar-refractivity contribution in [2.75, 3.05) is 11.5 Å². The van der Waals surface area contributed by atoms with Gasteiger partial charge in [-0.15, -0.1) is 0 Å². The van der Waals surface area contributed by atoms with Crippen molar-refractivity contribution in [1.29, 1.82) is 0 Å². The number of urea groups is 1. The Morgan fingerprint density at radius 3 is 2.35 bits per heavy atom. The fourth-order valence-corrected chi connectivity index (χ4v) is 4.51. The molecule has 0 saturated carbocycles. The molecule has 0 bridgehead atoms. The van der Waals surface area contributed by atoms with Crippen LogP contribution >= 0.6 is 50.7 Å². The smallest absolute Gasteiger partial charge is 0.335 e. The summed E-state index contributed by atoms with van der Waals surface area (Å²) in [5.41, 5.74) is 1.15. The van der Waals surface area contributed by atoms with Gasteiger partial charge in [0, 0.05) is 20.1 Å². The molecule has 1 saturated heterocycles. The summed E-state index contributed by atoms with van der Waals surface area (Å²) in [6.45, 7) is 2.19. The molecule has 1 heterocycles. The molecular formula is C26H18BrCl3N2O5. The number of nitrogens with zero attached hydrogens (tertiary/aromatic N) is 1. The van der Waals surface area contributed by atoms with Gasteiger partial charge in [-0.2, -0.15) is 0 Å². The van der Waals surface area contributed by atoms with Gasteiger partial charge in [0.05, 0.1) is 17.3 Å². The second kappa shape index (κ2) is 11.6. The van der Waals surface area contributed by atoms with Gasteiger partial charge in [-0.3, -0.25) is 14.9 Å². The number of amides is 4. The van der Waals surface area contributed by atoms with Gasteiger partial charge in [0.15, 0.2) is 11.5 Å². The van der Waals surface area contributed by atoms with E-state index in [0.29, 0.717) is 39.2 Å². The van der Waals surface area contributed by atoms with Gasteiger partial charge in [-0.25, -0.2) is 9.69 Å². The number of halogens is 4. The first kappa shape index (κ1) is 27.0. The fraction of sp³-hybridized carbons (Fsp3) is 0.115. The number of barbiturate groups is 1.